The lowest BCUT2D eigenvalue weighted by molar-refractivity contribution is 0.588. The van der Waals surface area contributed by atoms with Crippen LogP contribution in [0.1, 0.15) is 22.9 Å². The van der Waals surface area contributed by atoms with Crippen LogP contribution >= 0.6 is 0 Å². The molecule has 2 aromatic heterocycles. The third kappa shape index (κ3) is 4.07. The number of sulfonamides is 1. The Morgan fingerprint density at radius 3 is 2.46 bits per heavy atom. The summed E-state index contributed by atoms with van der Waals surface area (Å²) in [6.07, 6.45) is 3.08. The zero-order chi connectivity index (χ0) is 18.6. The maximum absolute atomic E-state index is 11.8. The van der Waals surface area contributed by atoms with Crippen molar-refractivity contribution in [3.8, 4) is 0 Å². The summed E-state index contributed by atoms with van der Waals surface area (Å²) in [7, 11) is -2.13. The molecule has 0 aliphatic carbocycles. The maximum atomic E-state index is 11.8. The van der Waals surface area contributed by atoms with Gasteiger partial charge in [-0.15, -0.1) is 0 Å². The molecule has 0 aliphatic heterocycles. The lowest BCUT2D eigenvalue weighted by atomic mass is 10.0. The van der Waals surface area contributed by atoms with Gasteiger partial charge in [-0.05, 0) is 43.8 Å². The molecule has 1 unspecified atom stereocenters. The Morgan fingerprint density at radius 2 is 1.85 bits per heavy atom. The summed E-state index contributed by atoms with van der Waals surface area (Å²) >= 11 is 0. The topological polar surface area (TPSA) is 84.0 Å². The molecule has 2 N–H and O–H groups in total. The second-order valence-electron chi connectivity index (χ2n) is 5.83. The Morgan fingerprint density at radius 1 is 1.00 bits per heavy atom. The lowest BCUT2D eigenvalue weighted by Gasteiger charge is -2.20. The second kappa shape index (κ2) is 7.63. The minimum absolute atomic E-state index is 0.121. The summed E-state index contributed by atoms with van der Waals surface area (Å²) in [5.41, 5.74) is 3.05. The third-order valence-electron chi connectivity index (χ3n) is 3.97. The molecular formula is C19H20N4O2S. The van der Waals surface area contributed by atoms with Crippen molar-refractivity contribution >= 4 is 15.8 Å². The molecule has 3 aromatic rings. The molecule has 0 saturated heterocycles. The van der Waals surface area contributed by atoms with E-state index in [1.165, 1.54) is 19.3 Å². The van der Waals surface area contributed by atoms with E-state index in [4.69, 9.17) is 0 Å². The molecule has 0 bridgehead atoms. The molecule has 2 heterocycles. The van der Waals surface area contributed by atoms with Gasteiger partial charge in [0.2, 0.25) is 10.0 Å². The number of benzene rings is 1. The average molecular weight is 368 g/mol. The van der Waals surface area contributed by atoms with Crippen molar-refractivity contribution in [1.82, 2.24) is 14.7 Å². The molecule has 0 spiro atoms. The largest absolute Gasteiger partial charge is 0.358 e. The van der Waals surface area contributed by atoms with Crippen LogP contribution in [0.4, 0.5) is 5.82 Å². The summed E-state index contributed by atoms with van der Waals surface area (Å²) in [5.74, 6) is 0.567. The zero-order valence-corrected chi connectivity index (χ0v) is 15.4. The monoisotopic (exact) mass is 368 g/mol. The van der Waals surface area contributed by atoms with Gasteiger partial charge in [-0.3, -0.25) is 4.98 Å². The molecule has 7 heteroatoms. The van der Waals surface area contributed by atoms with Gasteiger partial charge in [0.15, 0.2) is 0 Å². The molecule has 0 amide bonds. The number of nitrogens with one attached hydrogen (secondary N) is 2. The average Bonchev–Trinajstić information content (AvgIpc) is 2.67. The highest BCUT2D eigenvalue weighted by Gasteiger charge is 2.17. The smallest absolute Gasteiger partial charge is 0.241 e. The molecule has 134 valence electrons. The van der Waals surface area contributed by atoms with E-state index in [0.717, 1.165) is 16.8 Å². The van der Waals surface area contributed by atoms with Gasteiger partial charge in [0.1, 0.15) is 10.7 Å². The lowest BCUT2D eigenvalue weighted by Crippen LogP contribution is -2.19. The van der Waals surface area contributed by atoms with E-state index < -0.39 is 10.0 Å². The molecule has 0 fully saturated rings. The third-order valence-corrected chi connectivity index (χ3v) is 5.37. The summed E-state index contributed by atoms with van der Waals surface area (Å²) in [6.45, 7) is 2.04. The van der Waals surface area contributed by atoms with E-state index in [0.29, 0.717) is 5.82 Å². The summed E-state index contributed by atoms with van der Waals surface area (Å²) in [6, 6.07) is 16.9. The normalized spacial score (nSPS) is 12.5. The molecule has 26 heavy (non-hydrogen) atoms. The van der Waals surface area contributed by atoms with Gasteiger partial charge in [0, 0.05) is 12.4 Å². The molecule has 0 aliphatic rings. The van der Waals surface area contributed by atoms with E-state index >= 15 is 0 Å². The molecule has 6 nitrogen and oxygen atoms in total. The molecular weight excluding hydrogens is 348 g/mol. The molecule has 1 atom stereocenters. The van der Waals surface area contributed by atoms with Crippen molar-refractivity contribution in [1.29, 1.82) is 0 Å². The van der Waals surface area contributed by atoms with E-state index in [-0.39, 0.29) is 10.9 Å². The Bertz CT molecular complexity index is 974. The van der Waals surface area contributed by atoms with Crippen LogP contribution in [0.3, 0.4) is 0 Å². The summed E-state index contributed by atoms with van der Waals surface area (Å²) in [5, 5.41) is 3.35. The highest BCUT2D eigenvalue weighted by Crippen LogP contribution is 2.25. The number of anilines is 1. The standard InChI is InChI=1S/C19H20N4O2S/c1-14-6-5-7-15(12-14)19(17-8-3-4-11-21-17)23-18-10-9-16(13-22-18)26(24,25)20-2/h3-13,19-20H,1-2H3,(H,22,23). The molecule has 0 radical (unpaired) electrons. The van der Waals surface area contributed by atoms with Gasteiger partial charge in [-0.2, -0.15) is 0 Å². The van der Waals surface area contributed by atoms with E-state index in [1.807, 2.05) is 43.3 Å². The minimum atomic E-state index is -3.51. The molecule has 0 saturated carbocycles. The van der Waals surface area contributed by atoms with Crippen molar-refractivity contribution in [3.63, 3.8) is 0 Å². The predicted octanol–water partition coefficient (Wildman–Crippen LogP) is 2.89. The molecule has 1 aromatic carbocycles. The Hall–Kier alpha value is -2.77. The number of pyridine rings is 2. The maximum Gasteiger partial charge on any atom is 0.241 e. The van der Waals surface area contributed by atoms with Gasteiger partial charge in [-0.25, -0.2) is 18.1 Å². The van der Waals surface area contributed by atoms with Crippen molar-refractivity contribution in [3.05, 3.63) is 83.8 Å². The van der Waals surface area contributed by atoms with Gasteiger partial charge >= 0.3 is 0 Å². The van der Waals surface area contributed by atoms with Gasteiger partial charge in [0.05, 0.1) is 11.7 Å². The zero-order valence-electron chi connectivity index (χ0n) is 14.5. The van der Waals surface area contributed by atoms with Crippen LogP contribution in [0.5, 0.6) is 0 Å². The van der Waals surface area contributed by atoms with Crippen molar-refractivity contribution in [2.45, 2.75) is 17.9 Å². The first-order valence-corrected chi connectivity index (χ1v) is 9.61. The number of hydrogen-bond acceptors (Lipinski definition) is 5. The number of nitrogens with zero attached hydrogens (tertiary/aromatic N) is 2. The Kier molecular flexibility index (Phi) is 5.29. The van der Waals surface area contributed by atoms with Crippen LogP contribution in [0.15, 0.2) is 71.9 Å². The van der Waals surface area contributed by atoms with Gasteiger partial charge in [0.25, 0.3) is 0 Å². The van der Waals surface area contributed by atoms with E-state index in [1.54, 1.807) is 12.3 Å². The van der Waals surface area contributed by atoms with Crippen LogP contribution in [0.2, 0.25) is 0 Å². The Balaban J connectivity index is 1.94. The van der Waals surface area contributed by atoms with Gasteiger partial charge in [-0.1, -0.05) is 35.9 Å². The first-order chi connectivity index (χ1) is 12.5. The van der Waals surface area contributed by atoms with Crippen LogP contribution < -0.4 is 10.0 Å². The summed E-state index contributed by atoms with van der Waals surface area (Å²) < 4.78 is 25.9. The van der Waals surface area contributed by atoms with Crippen molar-refractivity contribution in [2.24, 2.45) is 0 Å². The quantitative estimate of drug-likeness (QED) is 0.699. The van der Waals surface area contributed by atoms with Crippen LogP contribution in [-0.4, -0.2) is 25.4 Å². The van der Waals surface area contributed by atoms with Crippen LogP contribution in [-0.2, 0) is 10.0 Å². The number of hydrogen-bond donors (Lipinski definition) is 2. The van der Waals surface area contributed by atoms with Gasteiger partial charge < -0.3 is 5.32 Å². The molecule has 3 rings (SSSR count). The second-order valence-corrected chi connectivity index (χ2v) is 7.72. The Labute approximate surface area is 153 Å². The fourth-order valence-electron chi connectivity index (χ4n) is 2.61. The highest BCUT2D eigenvalue weighted by atomic mass is 32.2. The fourth-order valence-corrected chi connectivity index (χ4v) is 3.29. The first kappa shape index (κ1) is 18.0. The highest BCUT2D eigenvalue weighted by molar-refractivity contribution is 7.89. The fraction of sp³-hybridized carbons (Fsp3) is 0.158. The first-order valence-electron chi connectivity index (χ1n) is 8.13. The van der Waals surface area contributed by atoms with Crippen LogP contribution in [0.25, 0.3) is 0 Å². The van der Waals surface area contributed by atoms with E-state index in [9.17, 15) is 8.42 Å². The minimum Gasteiger partial charge on any atom is -0.358 e. The van der Waals surface area contributed by atoms with Crippen molar-refractivity contribution in [2.75, 3.05) is 12.4 Å². The number of rotatable bonds is 6. The SMILES string of the molecule is CNS(=O)(=O)c1ccc(NC(c2cccc(C)c2)c2ccccn2)nc1. The van der Waals surface area contributed by atoms with Crippen molar-refractivity contribution < 1.29 is 8.42 Å². The number of aromatic nitrogens is 2. The predicted molar refractivity (Wildman–Crippen MR) is 101 cm³/mol. The van der Waals surface area contributed by atoms with E-state index in [2.05, 4.69) is 26.1 Å². The summed E-state index contributed by atoms with van der Waals surface area (Å²) in [4.78, 5) is 8.82. The number of aryl methyl sites for hydroxylation is 1. The van der Waals surface area contributed by atoms with Crippen LogP contribution in [0, 0.1) is 6.92 Å².